The van der Waals surface area contributed by atoms with E-state index in [4.69, 9.17) is 0 Å². The molecule has 31 heavy (non-hydrogen) atoms. The normalized spacial score (nSPS) is 21.1. The van der Waals surface area contributed by atoms with E-state index in [0.717, 1.165) is 26.6 Å². The van der Waals surface area contributed by atoms with E-state index in [1.807, 2.05) is 79.7 Å². The van der Waals surface area contributed by atoms with E-state index in [1.165, 1.54) is 4.90 Å². The number of hydrogen-bond acceptors (Lipinski definition) is 2. The fraction of sp³-hybridized carbons (Fsp3) is 0.240. The number of urea groups is 1. The highest BCUT2D eigenvalue weighted by Gasteiger charge is 2.58. The molecule has 1 aliphatic heterocycles. The molecule has 1 heterocycles. The molecule has 0 bridgehead atoms. The molecular weight excluding hydrogens is 520 g/mol. The molecule has 6 heteroatoms. The first-order valence-electron chi connectivity index (χ1n) is 10.3. The third-order valence-electron chi connectivity index (χ3n) is 5.71. The summed E-state index contributed by atoms with van der Waals surface area (Å²) in [6, 6.07) is 22.2. The van der Waals surface area contributed by atoms with Crippen molar-refractivity contribution in [3.63, 3.8) is 0 Å². The quantitative estimate of drug-likeness (QED) is 0.377. The predicted octanol–water partition coefficient (Wildman–Crippen LogP) is 6.98. The number of nitrogens with zero attached hydrogens (tertiary/aromatic N) is 2. The monoisotopic (exact) mass is 542 g/mol. The average Bonchev–Trinajstić information content (AvgIpc) is 2.97. The van der Waals surface area contributed by atoms with Gasteiger partial charge in [-0.05, 0) is 61.9 Å². The maximum atomic E-state index is 13.9. The van der Waals surface area contributed by atoms with Gasteiger partial charge in [0, 0.05) is 25.9 Å². The van der Waals surface area contributed by atoms with Crippen LogP contribution < -0.4 is 9.80 Å². The first-order chi connectivity index (χ1) is 14.9. The highest BCUT2D eigenvalue weighted by atomic mass is 79.9. The van der Waals surface area contributed by atoms with Crippen LogP contribution in [-0.4, -0.2) is 17.2 Å². The van der Waals surface area contributed by atoms with Gasteiger partial charge < -0.3 is 5.11 Å². The Bertz CT molecular complexity index is 1090. The zero-order valence-corrected chi connectivity index (χ0v) is 20.6. The lowest BCUT2D eigenvalue weighted by atomic mass is 9.90. The number of amides is 2. The molecule has 4 rings (SSSR count). The summed E-state index contributed by atoms with van der Waals surface area (Å²) in [7, 11) is 0. The molecule has 4 nitrogen and oxygen atoms in total. The van der Waals surface area contributed by atoms with Crippen molar-refractivity contribution < 1.29 is 9.90 Å². The van der Waals surface area contributed by atoms with Gasteiger partial charge in [0.25, 0.3) is 0 Å². The second-order valence-electron chi connectivity index (χ2n) is 7.84. The third kappa shape index (κ3) is 3.93. The highest BCUT2D eigenvalue weighted by molar-refractivity contribution is 9.10. The molecule has 2 amide bonds. The number of anilines is 2. The van der Waals surface area contributed by atoms with Crippen molar-refractivity contribution in [3.05, 3.63) is 92.9 Å². The van der Waals surface area contributed by atoms with Crippen LogP contribution in [0.15, 0.2) is 81.7 Å². The fourth-order valence-electron chi connectivity index (χ4n) is 4.30. The van der Waals surface area contributed by atoms with Crippen LogP contribution in [0.2, 0.25) is 0 Å². The van der Waals surface area contributed by atoms with Crippen molar-refractivity contribution in [2.45, 2.75) is 38.5 Å². The van der Waals surface area contributed by atoms with Gasteiger partial charge in [0.15, 0.2) is 5.72 Å². The number of aliphatic hydroxyl groups is 1. The van der Waals surface area contributed by atoms with Crippen molar-refractivity contribution >= 4 is 49.3 Å². The van der Waals surface area contributed by atoms with Gasteiger partial charge in [0.2, 0.25) is 0 Å². The minimum Gasteiger partial charge on any atom is -0.365 e. The fourth-order valence-corrected chi connectivity index (χ4v) is 4.83. The van der Waals surface area contributed by atoms with Crippen molar-refractivity contribution in [3.8, 4) is 0 Å². The number of carbonyl (C=O) groups is 1. The van der Waals surface area contributed by atoms with Crippen LogP contribution in [0.4, 0.5) is 16.2 Å². The first kappa shape index (κ1) is 22.1. The Balaban J connectivity index is 1.95. The number of benzene rings is 3. The molecule has 1 aliphatic rings. The van der Waals surface area contributed by atoms with E-state index in [2.05, 4.69) is 38.8 Å². The van der Waals surface area contributed by atoms with E-state index >= 15 is 0 Å². The number of rotatable bonds is 5. The summed E-state index contributed by atoms with van der Waals surface area (Å²) < 4.78 is 1.85. The minimum atomic E-state index is -1.51. The summed E-state index contributed by atoms with van der Waals surface area (Å²) in [6.07, 6.45) is 1.48. The van der Waals surface area contributed by atoms with Gasteiger partial charge in [-0.2, -0.15) is 0 Å². The minimum absolute atomic E-state index is 0.243. The van der Waals surface area contributed by atoms with Crippen LogP contribution in [0.25, 0.3) is 0 Å². The molecule has 1 N–H and O–H groups in total. The van der Waals surface area contributed by atoms with Gasteiger partial charge in [-0.1, -0.05) is 75.0 Å². The summed E-state index contributed by atoms with van der Waals surface area (Å²) in [4.78, 5) is 17.2. The highest BCUT2D eigenvalue weighted by Crippen LogP contribution is 2.46. The molecule has 1 saturated heterocycles. The van der Waals surface area contributed by atoms with Gasteiger partial charge in [-0.3, -0.25) is 9.80 Å². The summed E-state index contributed by atoms with van der Waals surface area (Å²) in [5.41, 5.74) is 1.64. The molecule has 0 radical (unpaired) electrons. The van der Waals surface area contributed by atoms with Crippen molar-refractivity contribution in [2.24, 2.45) is 0 Å². The standard InChI is InChI=1S/C25H24Br2N2O2/c1-3-5-23-25(31,18-7-4-6-17(2)16-18)29(22-14-10-20(27)11-15-22)24(30)28(23)21-12-8-19(26)9-13-21/h4,6-16,23,31H,3,5H2,1-2H3. The van der Waals surface area contributed by atoms with Crippen molar-refractivity contribution in [1.82, 2.24) is 0 Å². The molecule has 2 atom stereocenters. The van der Waals surface area contributed by atoms with Gasteiger partial charge >= 0.3 is 6.03 Å². The number of hydrogen-bond donors (Lipinski definition) is 1. The smallest absolute Gasteiger partial charge is 0.332 e. The average molecular weight is 544 g/mol. The Kier molecular flexibility index (Phi) is 6.24. The number of carbonyl (C=O) groups excluding carboxylic acids is 1. The number of halogens is 2. The van der Waals surface area contributed by atoms with E-state index in [-0.39, 0.29) is 6.03 Å². The van der Waals surface area contributed by atoms with E-state index in [9.17, 15) is 9.90 Å². The molecule has 0 saturated carbocycles. The Morgan fingerprint density at radius 1 is 0.935 bits per heavy atom. The predicted molar refractivity (Wildman–Crippen MR) is 132 cm³/mol. The Hall–Kier alpha value is -2.15. The molecule has 3 aromatic rings. The van der Waals surface area contributed by atoms with Crippen molar-refractivity contribution in [2.75, 3.05) is 9.80 Å². The second-order valence-corrected chi connectivity index (χ2v) is 9.67. The summed E-state index contributed by atoms with van der Waals surface area (Å²) in [5, 5.41) is 12.4. The van der Waals surface area contributed by atoms with Crippen molar-refractivity contribution in [1.29, 1.82) is 0 Å². The van der Waals surface area contributed by atoms with E-state index < -0.39 is 11.8 Å². The molecule has 2 unspecified atom stereocenters. The lowest BCUT2D eigenvalue weighted by molar-refractivity contribution is 0.0289. The van der Waals surface area contributed by atoms with Crippen LogP contribution in [0.3, 0.4) is 0 Å². The number of aryl methyl sites for hydroxylation is 1. The van der Waals surface area contributed by atoms with Crippen LogP contribution in [0.5, 0.6) is 0 Å². The lowest BCUT2D eigenvalue weighted by Crippen LogP contribution is -2.49. The summed E-state index contributed by atoms with van der Waals surface area (Å²) >= 11 is 6.93. The summed E-state index contributed by atoms with van der Waals surface area (Å²) in [6.45, 7) is 4.07. The maximum Gasteiger partial charge on any atom is 0.332 e. The van der Waals surface area contributed by atoms with Gasteiger partial charge in [-0.15, -0.1) is 0 Å². The van der Waals surface area contributed by atoms with E-state index in [1.54, 1.807) is 4.90 Å². The molecule has 160 valence electrons. The maximum absolute atomic E-state index is 13.9. The Morgan fingerprint density at radius 2 is 1.52 bits per heavy atom. The van der Waals surface area contributed by atoms with Gasteiger partial charge in [0.05, 0.1) is 6.04 Å². The molecule has 1 fully saturated rings. The molecule has 0 aliphatic carbocycles. The zero-order chi connectivity index (χ0) is 22.2. The SMILES string of the molecule is CCCC1N(c2ccc(Br)cc2)C(=O)N(c2ccc(Br)cc2)C1(O)c1cccc(C)c1. The molecule has 0 aromatic heterocycles. The van der Waals surface area contributed by atoms with Crippen LogP contribution in [0, 0.1) is 6.92 Å². The van der Waals surface area contributed by atoms with Gasteiger partial charge in [-0.25, -0.2) is 4.79 Å². The second kappa shape index (κ2) is 8.77. The Morgan fingerprint density at radius 3 is 2.06 bits per heavy atom. The lowest BCUT2D eigenvalue weighted by Gasteiger charge is -2.37. The van der Waals surface area contributed by atoms with Crippen LogP contribution in [-0.2, 0) is 5.72 Å². The Labute approximate surface area is 199 Å². The molecule has 0 spiro atoms. The van der Waals surface area contributed by atoms with Crippen LogP contribution in [0.1, 0.15) is 30.9 Å². The topological polar surface area (TPSA) is 43.8 Å². The largest absolute Gasteiger partial charge is 0.365 e. The summed E-state index contributed by atoms with van der Waals surface area (Å²) in [5.74, 6) is 0. The third-order valence-corrected chi connectivity index (χ3v) is 6.77. The van der Waals surface area contributed by atoms with Crippen LogP contribution >= 0.6 is 31.9 Å². The molecular formula is C25H24Br2N2O2. The van der Waals surface area contributed by atoms with E-state index in [0.29, 0.717) is 17.7 Å². The molecule has 3 aromatic carbocycles. The first-order valence-corrected chi connectivity index (χ1v) is 11.9. The van der Waals surface area contributed by atoms with Gasteiger partial charge in [0.1, 0.15) is 0 Å². The zero-order valence-electron chi connectivity index (χ0n) is 17.4.